The third-order valence-electron chi connectivity index (χ3n) is 4.92. The maximum Gasteiger partial charge on any atom is 0.274 e. The lowest BCUT2D eigenvalue weighted by molar-refractivity contribution is 0.0683. The van der Waals surface area contributed by atoms with Gasteiger partial charge in [0.05, 0.1) is 0 Å². The molecule has 0 aliphatic heterocycles. The SMILES string of the molecule is CC(C)N(Cc1ccccc1)C(=O)c1ccc(NC2CCCCC2)nn1. The second kappa shape index (κ2) is 8.79. The molecule has 0 saturated heterocycles. The second-order valence-corrected chi connectivity index (χ2v) is 7.30. The molecule has 0 bridgehead atoms. The Morgan fingerprint density at radius 1 is 1.08 bits per heavy atom. The lowest BCUT2D eigenvalue weighted by Crippen LogP contribution is -2.37. The number of rotatable bonds is 6. The summed E-state index contributed by atoms with van der Waals surface area (Å²) in [5, 5.41) is 11.9. The Balaban J connectivity index is 1.66. The van der Waals surface area contributed by atoms with E-state index in [9.17, 15) is 4.79 Å². The van der Waals surface area contributed by atoms with Crippen molar-refractivity contribution in [3.8, 4) is 0 Å². The number of carbonyl (C=O) groups excluding carboxylic acids is 1. The highest BCUT2D eigenvalue weighted by Gasteiger charge is 2.21. The maximum atomic E-state index is 12.9. The van der Waals surface area contributed by atoms with Crippen LogP contribution in [0.3, 0.4) is 0 Å². The average molecular weight is 352 g/mol. The Hall–Kier alpha value is -2.43. The van der Waals surface area contributed by atoms with Crippen molar-refractivity contribution in [1.29, 1.82) is 0 Å². The number of carbonyl (C=O) groups is 1. The van der Waals surface area contributed by atoms with E-state index in [-0.39, 0.29) is 11.9 Å². The van der Waals surface area contributed by atoms with Crippen LogP contribution in [-0.4, -0.2) is 33.1 Å². The molecule has 1 aliphatic rings. The topological polar surface area (TPSA) is 58.1 Å². The Morgan fingerprint density at radius 3 is 2.42 bits per heavy atom. The summed E-state index contributed by atoms with van der Waals surface area (Å²) in [5.74, 6) is 0.674. The Morgan fingerprint density at radius 2 is 1.81 bits per heavy atom. The largest absolute Gasteiger partial charge is 0.366 e. The molecule has 5 nitrogen and oxygen atoms in total. The molecule has 0 atom stereocenters. The quantitative estimate of drug-likeness (QED) is 0.843. The molecule has 1 aliphatic carbocycles. The summed E-state index contributed by atoms with van der Waals surface area (Å²) in [6.07, 6.45) is 6.22. The summed E-state index contributed by atoms with van der Waals surface area (Å²) < 4.78 is 0. The fraction of sp³-hybridized carbons (Fsp3) is 0.476. The Kier molecular flexibility index (Phi) is 6.21. The van der Waals surface area contributed by atoms with Gasteiger partial charge in [0.15, 0.2) is 5.69 Å². The summed E-state index contributed by atoms with van der Waals surface area (Å²) in [6, 6.07) is 14.2. The monoisotopic (exact) mass is 352 g/mol. The van der Waals surface area contributed by atoms with Crippen molar-refractivity contribution in [3.63, 3.8) is 0 Å². The highest BCUT2D eigenvalue weighted by molar-refractivity contribution is 5.92. The molecule has 1 aromatic heterocycles. The van der Waals surface area contributed by atoms with Crippen molar-refractivity contribution in [3.05, 3.63) is 53.7 Å². The fourth-order valence-corrected chi connectivity index (χ4v) is 3.40. The second-order valence-electron chi connectivity index (χ2n) is 7.30. The first-order valence-electron chi connectivity index (χ1n) is 9.58. The molecule has 3 rings (SSSR count). The lowest BCUT2D eigenvalue weighted by atomic mass is 9.95. The molecule has 0 spiro atoms. The van der Waals surface area contributed by atoms with E-state index in [1.54, 1.807) is 6.07 Å². The molecule has 2 aromatic rings. The lowest BCUT2D eigenvalue weighted by Gasteiger charge is -2.26. The van der Waals surface area contributed by atoms with E-state index in [0.29, 0.717) is 18.3 Å². The minimum absolute atomic E-state index is 0.0828. The van der Waals surface area contributed by atoms with Crippen LogP contribution in [-0.2, 0) is 6.54 Å². The van der Waals surface area contributed by atoms with Gasteiger partial charge < -0.3 is 10.2 Å². The first-order valence-corrected chi connectivity index (χ1v) is 9.58. The number of nitrogens with zero attached hydrogens (tertiary/aromatic N) is 3. The molecular formula is C21H28N4O. The van der Waals surface area contributed by atoms with Crippen molar-refractivity contribution in [2.45, 2.75) is 64.6 Å². The van der Waals surface area contributed by atoms with E-state index < -0.39 is 0 Å². The fourth-order valence-electron chi connectivity index (χ4n) is 3.40. The first-order chi connectivity index (χ1) is 12.6. The summed E-state index contributed by atoms with van der Waals surface area (Å²) in [7, 11) is 0. The summed E-state index contributed by atoms with van der Waals surface area (Å²) in [5.41, 5.74) is 1.50. The van der Waals surface area contributed by atoms with Crippen LogP contribution in [0, 0.1) is 0 Å². The predicted molar refractivity (Wildman–Crippen MR) is 104 cm³/mol. The van der Waals surface area contributed by atoms with Gasteiger partial charge in [0.25, 0.3) is 5.91 Å². The molecule has 5 heteroatoms. The van der Waals surface area contributed by atoms with Crippen LogP contribution >= 0.6 is 0 Å². The molecule has 1 aromatic carbocycles. The zero-order valence-corrected chi connectivity index (χ0v) is 15.7. The minimum Gasteiger partial charge on any atom is -0.366 e. The van der Waals surface area contributed by atoms with E-state index in [1.807, 2.05) is 55.1 Å². The molecule has 138 valence electrons. The molecule has 0 radical (unpaired) electrons. The van der Waals surface area contributed by atoms with Crippen molar-refractivity contribution in [1.82, 2.24) is 15.1 Å². The van der Waals surface area contributed by atoms with Gasteiger partial charge in [-0.25, -0.2) is 0 Å². The number of hydrogen-bond donors (Lipinski definition) is 1. The van der Waals surface area contributed by atoms with Crippen LogP contribution in [0.25, 0.3) is 0 Å². The van der Waals surface area contributed by atoms with Crippen LogP contribution in [0.2, 0.25) is 0 Å². The molecule has 1 saturated carbocycles. The number of amides is 1. The van der Waals surface area contributed by atoms with E-state index in [1.165, 1.54) is 32.1 Å². The van der Waals surface area contributed by atoms with Gasteiger partial charge in [-0.3, -0.25) is 4.79 Å². The maximum absolute atomic E-state index is 12.9. The molecular weight excluding hydrogens is 324 g/mol. The summed E-state index contributed by atoms with van der Waals surface area (Å²) in [6.45, 7) is 4.61. The standard InChI is InChI=1S/C21H28N4O/c1-16(2)25(15-17-9-5-3-6-10-17)21(26)19-13-14-20(24-23-19)22-18-11-7-4-8-12-18/h3,5-6,9-10,13-14,16,18H,4,7-8,11-12,15H2,1-2H3,(H,22,24). The van der Waals surface area contributed by atoms with Gasteiger partial charge in [-0.15, -0.1) is 10.2 Å². The zero-order chi connectivity index (χ0) is 18.4. The van der Waals surface area contributed by atoms with Gasteiger partial charge in [-0.1, -0.05) is 49.6 Å². The molecule has 26 heavy (non-hydrogen) atoms. The highest BCUT2D eigenvalue weighted by atomic mass is 16.2. The van der Waals surface area contributed by atoms with Gasteiger partial charge in [0, 0.05) is 18.6 Å². The molecule has 1 heterocycles. The number of nitrogens with one attached hydrogen (secondary N) is 1. The van der Waals surface area contributed by atoms with E-state index in [2.05, 4.69) is 15.5 Å². The van der Waals surface area contributed by atoms with E-state index in [4.69, 9.17) is 0 Å². The first kappa shape index (κ1) is 18.4. The van der Waals surface area contributed by atoms with Crippen molar-refractivity contribution in [2.24, 2.45) is 0 Å². The van der Waals surface area contributed by atoms with Crippen LogP contribution in [0.5, 0.6) is 0 Å². The third-order valence-corrected chi connectivity index (χ3v) is 4.92. The summed E-state index contributed by atoms with van der Waals surface area (Å²) in [4.78, 5) is 14.7. The van der Waals surface area contributed by atoms with Gasteiger partial charge in [-0.05, 0) is 44.4 Å². The zero-order valence-electron chi connectivity index (χ0n) is 15.7. The summed E-state index contributed by atoms with van der Waals surface area (Å²) >= 11 is 0. The average Bonchev–Trinajstić information content (AvgIpc) is 2.67. The highest BCUT2D eigenvalue weighted by Crippen LogP contribution is 2.20. The Bertz CT molecular complexity index is 694. The molecule has 1 fully saturated rings. The predicted octanol–water partition coefficient (Wildman–Crippen LogP) is 4.27. The molecule has 0 unspecified atom stereocenters. The number of benzene rings is 1. The van der Waals surface area contributed by atoms with E-state index in [0.717, 1.165) is 11.4 Å². The third kappa shape index (κ3) is 4.81. The van der Waals surface area contributed by atoms with Gasteiger partial charge in [0.1, 0.15) is 5.82 Å². The van der Waals surface area contributed by atoms with Gasteiger partial charge >= 0.3 is 0 Å². The van der Waals surface area contributed by atoms with E-state index >= 15 is 0 Å². The van der Waals surface area contributed by atoms with Crippen molar-refractivity contribution in [2.75, 3.05) is 5.32 Å². The van der Waals surface area contributed by atoms with Crippen LogP contribution in [0.4, 0.5) is 5.82 Å². The smallest absolute Gasteiger partial charge is 0.274 e. The molecule has 1 N–H and O–H groups in total. The minimum atomic E-state index is -0.0828. The van der Waals surface area contributed by atoms with Gasteiger partial charge in [-0.2, -0.15) is 0 Å². The number of aromatic nitrogens is 2. The van der Waals surface area contributed by atoms with Crippen molar-refractivity contribution >= 4 is 11.7 Å². The van der Waals surface area contributed by atoms with Gasteiger partial charge in [0.2, 0.25) is 0 Å². The van der Waals surface area contributed by atoms with Crippen LogP contribution < -0.4 is 5.32 Å². The number of hydrogen-bond acceptors (Lipinski definition) is 4. The van der Waals surface area contributed by atoms with Crippen LogP contribution in [0.15, 0.2) is 42.5 Å². The molecule has 1 amide bonds. The van der Waals surface area contributed by atoms with Crippen LogP contribution in [0.1, 0.15) is 62.0 Å². The Labute approximate surface area is 155 Å². The number of anilines is 1. The van der Waals surface area contributed by atoms with Crippen molar-refractivity contribution < 1.29 is 4.79 Å². The normalized spacial score (nSPS) is 15.0.